The van der Waals surface area contributed by atoms with E-state index in [0.717, 1.165) is 29.6 Å². The van der Waals surface area contributed by atoms with E-state index in [1.807, 2.05) is 24.3 Å². The number of carbonyl (C=O) groups is 1. The van der Waals surface area contributed by atoms with Crippen LogP contribution in [0.4, 0.5) is 0 Å². The number of rotatable bonds is 7. The number of nitrogens with one attached hydrogen (secondary N) is 2. The third kappa shape index (κ3) is 4.26. The van der Waals surface area contributed by atoms with E-state index in [2.05, 4.69) is 51.7 Å². The van der Waals surface area contributed by atoms with Gasteiger partial charge in [0.2, 0.25) is 0 Å². The number of aromatic nitrogens is 3. The molecule has 7 heteroatoms. The molecule has 0 aliphatic rings. The second-order valence-corrected chi connectivity index (χ2v) is 7.60. The van der Waals surface area contributed by atoms with Gasteiger partial charge in [0.05, 0.1) is 0 Å². The summed E-state index contributed by atoms with van der Waals surface area (Å²) in [5.74, 6) is 1.02. The van der Waals surface area contributed by atoms with Crippen molar-refractivity contribution in [2.24, 2.45) is 0 Å². The van der Waals surface area contributed by atoms with Crippen molar-refractivity contribution in [3.05, 3.63) is 71.2 Å². The Hall–Kier alpha value is -3.45. The number of carbonyl (C=O) groups excluding carboxylic acids is 1. The summed E-state index contributed by atoms with van der Waals surface area (Å²) >= 11 is 0. The Morgan fingerprint density at radius 1 is 1.17 bits per heavy atom. The maximum Gasteiger partial charge on any atom is 0.257 e. The fourth-order valence-corrected chi connectivity index (χ4v) is 3.41. The van der Waals surface area contributed by atoms with Gasteiger partial charge in [-0.05, 0) is 62.0 Å². The lowest BCUT2D eigenvalue weighted by atomic mass is 10.1. The molecular formula is C23H25N5O2. The van der Waals surface area contributed by atoms with Gasteiger partial charge in [-0.3, -0.25) is 4.79 Å². The van der Waals surface area contributed by atoms with Crippen LogP contribution in [-0.4, -0.2) is 53.6 Å². The number of hydrogen-bond donors (Lipinski definition) is 2. The van der Waals surface area contributed by atoms with Crippen molar-refractivity contribution < 1.29 is 9.32 Å². The van der Waals surface area contributed by atoms with Gasteiger partial charge in [0, 0.05) is 48.2 Å². The zero-order chi connectivity index (χ0) is 21.1. The summed E-state index contributed by atoms with van der Waals surface area (Å²) in [6.45, 7) is 0.987. The van der Waals surface area contributed by atoms with Crippen molar-refractivity contribution >= 4 is 16.8 Å². The number of fused-ring (bicyclic) bond motifs is 1. The molecule has 0 radical (unpaired) electrons. The van der Waals surface area contributed by atoms with Crippen molar-refractivity contribution in [1.82, 2.24) is 25.3 Å². The lowest BCUT2D eigenvalue weighted by Crippen LogP contribution is -2.17. The molecule has 0 unspecified atom stereocenters. The van der Waals surface area contributed by atoms with Crippen LogP contribution in [0.25, 0.3) is 22.4 Å². The van der Waals surface area contributed by atoms with Crippen molar-refractivity contribution in [1.29, 1.82) is 0 Å². The van der Waals surface area contributed by atoms with Gasteiger partial charge >= 0.3 is 0 Å². The summed E-state index contributed by atoms with van der Waals surface area (Å²) in [7, 11) is 5.77. The minimum absolute atomic E-state index is 0.103. The van der Waals surface area contributed by atoms with Gasteiger partial charge in [-0.1, -0.05) is 17.3 Å². The van der Waals surface area contributed by atoms with Crippen LogP contribution >= 0.6 is 0 Å². The molecule has 7 nitrogen and oxygen atoms in total. The van der Waals surface area contributed by atoms with Crippen molar-refractivity contribution in [2.75, 3.05) is 27.7 Å². The topological polar surface area (TPSA) is 87.0 Å². The van der Waals surface area contributed by atoms with Gasteiger partial charge in [-0.2, -0.15) is 4.98 Å². The third-order valence-electron chi connectivity index (χ3n) is 5.12. The van der Waals surface area contributed by atoms with E-state index < -0.39 is 0 Å². The Labute approximate surface area is 175 Å². The maximum absolute atomic E-state index is 11.7. The predicted molar refractivity (Wildman–Crippen MR) is 116 cm³/mol. The average molecular weight is 403 g/mol. The van der Waals surface area contributed by atoms with E-state index in [0.29, 0.717) is 23.7 Å². The van der Waals surface area contributed by atoms with Gasteiger partial charge < -0.3 is 19.7 Å². The smallest absolute Gasteiger partial charge is 0.257 e. The molecule has 1 amide bonds. The van der Waals surface area contributed by atoms with Crippen LogP contribution in [-0.2, 0) is 12.8 Å². The molecule has 30 heavy (non-hydrogen) atoms. The van der Waals surface area contributed by atoms with Gasteiger partial charge in [0.15, 0.2) is 5.82 Å². The molecule has 2 N–H and O–H groups in total. The molecule has 0 fully saturated rings. The van der Waals surface area contributed by atoms with E-state index >= 15 is 0 Å². The Balaban J connectivity index is 1.52. The molecule has 2 heterocycles. The van der Waals surface area contributed by atoms with Crippen LogP contribution in [0, 0.1) is 0 Å². The lowest BCUT2D eigenvalue weighted by Gasteiger charge is -2.08. The third-order valence-corrected chi connectivity index (χ3v) is 5.12. The lowest BCUT2D eigenvalue weighted by molar-refractivity contribution is 0.0963. The summed E-state index contributed by atoms with van der Waals surface area (Å²) in [4.78, 5) is 21.7. The number of H-pyrrole nitrogens is 1. The standard InChI is InChI=1S/C23H25N5O2/c1-24-22(29)16-6-4-15(5-7-16)12-21-26-23(30-27-21)17-8-9-20-19(13-17)18(14-25-20)10-11-28(2)3/h4-9,13-14,25H,10-12H2,1-3H3,(H,24,29). The number of aromatic amines is 1. The predicted octanol–water partition coefficient (Wildman–Crippen LogP) is 3.27. The molecule has 0 spiro atoms. The SMILES string of the molecule is CNC(=O)c1ccc(Cc2noc(-c3ccc4[nH]cc(CCN(C)C)c4c3)n2)cc1. The largest absolute Gasteiger partial charge is 0.361 e. The number of hydrogen-bond acceptors (Lipinski definition) is 5. The molecule has 0 saturated heterocycles. The summed E-state index contributed by atoms with van der Waals surface area (Å²) < 4.78 is 5.52. The number of amides is 1. The first-order chi connectivity index (χ1) is 14.5. The monoisotopic (exact) mass is 403 g/mol. The van der Waals surface area contributed by atoms with E-state index in [1.54, 1.807) is 19.2 Å². The minimum atomic E-state index is -0.103. The first kappa shape index (κ1) is 19.8. The number of nitrogens with zero attached hydrogens (tertiary/aromatic N) is 3. The van der Waals surface area contributed by atoms with E-state index in [9.17, 15) is 4.79 Å². The highest BCUT2D eigenvalue weighted by molar-refractivity contribution is 5.94. The second kappa shape index (κ2) is 8.51. The molecule has 0 bridgehead atoms. The Morgan fingerprint density at radius 3 is 2.70 bits per heavy atom. The molecule has 0 aliphatic carbocycles. The molecule has 4 aromatic rings. The van der Waals surface area contributed by atoms with Crippen molar-refractivity contribution in [2.45, 2.75) is 12.8 Å². The summed E-state index contributed by atoms with van der Waals surface area (Å²) in [5.41, 5.74) is 4.92. The van der Waals surface area contributed by atoms with E-state index in [4.69, 9.17) is 4.52 Å². The molecule has 154 valence electrons. The summed E-state index contributed by atoms with van der Waals surface area (Å²) in [5, 5.41) is 7.93. The number of likely N-dealkylation sites (N-methyl/N-ethyl adjacent to an activating group) is 1. The molecule has 0 atom stereocenters. The van der Waals surface area contributed by atoms with Gasteiger partial charge in [-0.25, -0.2) is 0 Å². The van der Waals surface area contributed by atoms with E-state index in [1.165, 1.54) is 10.9 Å². The average Bonchev–Trinajstić information content (AvgIpc) is 3.38. The highest BCUT2D eigenvalue weighted by atomic mass is 16.5. The zero-order valence-electron chi connectivity index (χ0n) is 17.4. The first-order valence-electron chi connectivity index (χ1n) is 9.92. The Morgan fingerprint density at radius 2 is 1.97 bits per heavy atom. The van der Waals surface area contributed by atoms with Crippen LogP contribution in [0.1, 0.15) is 27.3 Å². The molecule has 2 aromatic heterocycles. The van der Waals surface area contributed by atoms with Crippen molar-refractivity contribution in [3.63, 3.8) is 0 Å². The van der Waals surface area contributed by atoms with Crippen molar-refractivity contribution in [3.8, 4) is 11.5 Å². The Bertz CT molecular complexity index is 1160. The molecule has 0 aliphatic heterocycles. The number of benzene rings is 2. The molecule has 4 rings (SSSR count). The molecule has 2 aromatic carbocycles. The quantitative estimate of drug-likeness (QED) is 0.495. The molecular weight excluding hydrogens is 378 g/mol. The minimum Gasteiger partial charge on any atom is -0.361 e. The van der Waals surface area contributed by atoms with Gasteiger partial charge in [-0.15, -0.1) is 0 Å². The molecule has 0 saturated carbocycles. The van der Waals surface area contributed by atoms with Crippen LogP contribution in [0.3, 0.4) is 0 Å². The highest BCUT2D eigenvalue weighted by Gasteiger charge is 2.13. The Kier molecular flexibility index (Phi) is 5.63. The van der Waals surface area contributed by atoms with E-state index in [-0.39, 0.29) is 5.91 Å². The fourth-order valence-electron chi connectivity index (χ4n) is 3.41. The zero-order valence-corrected chi connectivity index (χ0v) is 17.4. The summed E-state index contributed by atoms with van der Waals surface area (Å²) in [6.07, 6.45) is 3.58. The van der Waals surface area contributed by atoms with Gasteiger partial charge in [0.1, 0.15) is 0 Å². The normalized spacial score (nSPS) is 11.3. The first-order valence-corrected chi connectivity index (χ1v) is 9.92. The van der Waals surface area contributed by atoms with Crippen LogP contribution in [0.5, 0.6) is 0 Å². The summed E-state index contributed by atoms with van der Waals surface area (Å²) in [6, 6.07) is 13.5. The fraction of sp³-hybridized carbons (Fsp3) is 0.261. The van der Waals surface area contributed by atoms with Crippen LogP contribution in [0.2, 0.25) is 0 Å². The van der Waals surface area contributed by atoms with Gasteiger partial charge in [0.25, 0.3) is 11.8 Å². The second-order valence-electron chi connectivity index (χ2n) is 7.60. The maximum atomic E-state index is 11.7. The van der Waals surface area contributed by atoms with Crippen LogP contribution in [0.15, 0.2) is 53.2 Å². The van der Waals surface area contributed by atoms with Crippen LogP contribution < -0.4 is 5.32 Å². The highest BCUT2D eigenvalue weighted by Crippen LogP contribution is 2.26.